The van der Waals surface area contributed by atoms with Crippen molar-refractivity contribution in [1.29, 1.82) is 0 Å². The molecule has 0 unspecified atom stereocenters. The number of hydrogen-bond acceptors (Lipinski definition) is 4. The Kier molecular flexibility index (Phi) is 5.13. The molecule has 26 heavy (non-hydrogen) atoms. The molecule has 0 atom stereocenters. The van der Waals surface area contributed by atoms with E-state index in [1.54, 1.807) is 24.4 Å². The van der Waals surface area contributed by atoms with Crippen LogP contribution in [0.2, 0.25) is 5.02 Å². The third kappa shape index (κ3) is 4.13. The van der Waals surface area contributed by atoms with E-state index in [4.69, 9.17) is 11.6 Å². The second-order valence-corrected chi connectivity index (χ2v) is 6.03. The summed E-state index contributed by atoms with van der Waals surface area (Å²) in [5, 5.41) is 3.09. The topological polar surface area (TPSA) is 58.1 Å². The zero-order chi connectivity index (χ0) is 18.7. The van der Waals surface area contributed by atoms with E-state index in [0.29, 0.717) is 35.9 Å². The lowest BCUT2D eigenvalue weighted by Gasteiger charge is -2.27. The molecule has 5 nitrogen and oxygen atoms in total. The molecule has 2 aromatic heterocycles. The Balaban J connectivity index is 1.63. The van der Waals surface area contributed by atoms with Crippen LogP contribution >= 0.6 is 11.6 Å². The normalized spacial score (nSPS) is 14.8. The maximum atomic E-state index is 12.5. The van der Waals surface area contributed by atoms with Crippen molar-refractivity contribution in [2.45, 2.75) is 12.6 Å². The first-order valence-corrected chi connectivity index (χ1v) is 8.11. The molecule has 0 aliphatic carbocycles. The van der Waals surface area contributed by atoms with E-state index in [0.717, 1.165) is 12.3 Å². The van der Waals surface area contributed by atoms with Gasteiger partial charge in [-0.25, -0.2) is 9.97 Å². The van der Waals surface area contributed by atoms with Crippen LogP contribution in [0.15, 0.2) is 48.3 Å². The minimum absolute atomic E-state index is 0.208. The summed E-state index contributed by atoms with van der Waals surface area (Å²) in [6, 6.07) is 5.49. The summed E-state index contributed by atoms with van der Waals surface area (Å²) in [5.74, 6) is 0.287. The molecule has 0 fully saturated rings. The molecule has 1 amide bonds. The monoisotopic (exact) mass is 382 g/mol. The number of aromatic nitrogens is 2. The first kappa shape index (κ1) is 18.2. The first-order chi connectivity index (χ1) is 12.3. The largest absolute Gasteiger partial charge is 0.433 e. The van der Waals surface area contributed by atoms with Crippen LogP contribution in [-0.4, -0.2) is 29.0 Å². The van der Waals surface area contributed by atoms with E-state index in [1.807, 2.05) is 4.90 Å². The highest BCUT2D eigenvalue weighted by atomic mass is 35.5. The van der Waals surface area contributed by atoms with Crippen molar-refractivity contribution in [2.75, 3.05) is 23.3 Å². The summed E-state index contributed by atoms with van der Waals surface area (Å²) in [6.07, 6.45) is 0.341. The van der Waals surface area contributed by atoms with E-state index in [9.17, 15) is 18.0 Å². The fourth-order valence-corrected chi connectivity index (χ4v) is 2.77. The third-order valence-electron chi connectivity index (χ3n) is 3.85. The Morgan fingerprint density at radius 1 is 1.23 bits per heavy atom. The van der Waals surface area contributed by atoms with Crippen LogP contribution in [0.25, 0.3) is 0 Å². The average molecular weight is 383 g/mol. The van der Waals surface area contributed by atoms with E-state index < -0.39 is 11.9 Å². The lowest BCUT2D eigenvalue weighted by Crippen LogP contribution is -2.32. The molecule has 0 radical (unpaired) electrons. The standard InChI is InChI=1S/C17H14ClF3N4O/c18-13-2-1-7-22-15(13)25-8-5-11(6-9-25)16(26)24-12-3-4-14(23-10-12)17(19,20)21/h1-5,7,10H,6,8-9H2,(H,24,26). The van der Waals surface area contributed by atoms with Gasteiger partial charge in [0.2, 0.25) is 0 Å². The number of alkyl halides is 3. The SMILES string of the molecule is O=C(Nc1ccc(C(F)(F)F)nc1)C1=CCN(c2ncccc2Cl)CC1. The second-order valence-electron chi connectivity index (χ2n) is 5.62. The van der Waals surface area contributed by atoms with Crippen LogP contribution in [0.5, 0.6) is 0 Å². The van der Waals surface area contributed by atoms with Gasteiger partial charge in [0.1, 0.15) is 11.5 Å². The summed E-state index contributed by atoms with van der Waals surface area (Å²) >= 11 is 6.12. The first-order valence-electron chi connectivity index (χ1n) is 7.73. The van der Waals surface area contributed by atoms with Crippen LogP contribution in [-0.2, 0) is 11.0 Å². The molecule has 2 aromatic rings. The fourth-order valence-electron chi connectivity index (χ4n) is 2.52. The summed E-state index contributed by atoms with van der Waals surface area (Å²) < 4.78 is 37.5. The molecule has 3 heterocycles. The summed E-state index contributed by atoms with van der Waals surface area (Å²) in [4.78, 5) is 21.8. The number of halogens is 4. The van der Waals surface area contributed by atoms with Crippen molar-refractivity contribution in [1.82, 2.24) is 9.97 Å². The van der Waals surface area contributed by atoms with Crippen molar-refractivity contribution in [3.8, 4) is 0 Å². The number of pyridine rings is 2. The van der Waals surface area contributed by atoms with Crippen LogP contribution in [0.1, 0.15) is 12.1 Å². The van der Waals surface area contributed by atoms with Crippen molar-refractivity contribution in [3.63, 3.8) is 0 Å². The highest BCUT2D eigenvalue weighted by Gasteiger charge is 2.32. The van der Waals surface area contributed by atoms with E-state index in [1.165, 1.54) is 6.07 Å². The lowest BCUT2D eigenvalue weighted by molar-refractivity contribution is -0.141. The number of hydrogen-bond donors (Lipinski definition) is 1. The van der Waals surface area contributed by atoms with Gasteiger partial charge < -0.3 is 10.2 Å². The Morgan fingerprint density at radius 2 is 2.04 bits per heavy atom. The molecule has 136 valence electrons. The molecule has 0 aromatic carbocycles. The quantitative estimate of drug-likeness (QED) is 0.874. The van der Waals surface area contributed by atoms with Gasteiger partial charge in [-0.3, -0.25) is 4.79 Å². The predicted molar refractivity (Wildman–Crippen MR) is 92.0 cm³/mol. The van der Waals surface area contributed by atoms with Crippen LogP contribution < -0.4 is 10.2 Å². The molecule has 9 heteroatoms. The number of carbonyl (C=O) groups is 1. The van der Waals surface area contributed by atoms with Gasteiger partial charge in [0.05, 0.1) is 16.9 Å². The third-order valence-corrected chi connectivity index (χ3v) is 4.15. The van der Waals surface area contributed by atoms with E-state index in [-0.39, 0.29) is 11.6 Å². The van der Waals surface area contributed by atoms with Gasteiger partial charge in [-0.15, -0.1) is 0 Å². The van der Waals surface area contributed by atoms with E-state index >= 15 is 0 Å². The molecule has 0 bridgehead atoms. The highest BCUT2D eigenvalue weighted by Crippen LogP contribution is 2.28. The molecule has 0 spiro atoms. The number of anilines is 2. The van der Waals surface area contributed by atoms with E-state index in [2.05, 4.69) is 15.3 Å². The second kappa shape index (κ2) is 7.33. The number of nitrogens with one attached hydrogen (secondary N) is 1. The minimum Gasteiger partial charge on any atom is -0.351 e. The van der Waals surface area contributed by atoms with Crippen molar-refractivity contribution in [3.05, 3.63) is 59.0 Å². The predicted octanol–water partition coefficient (Wildman–Crippen LogP) is 3.92. The van der Waals surface area contributed by atoms with Gasteiger partial charge in [-0.1, -0.05) is 17.7 Å². The van der Waals surface area contributed by atoms with Gasteiger partial charge in [0.25, 0.3) is 5.91 Å². The van der Waals surface area contributed by atoms with Gasteiger partial charge in [0.15, 0.2) is 0 Å². The van der Waals surface area contributed by atoms with Crippen molar-refractivity contribution >= 4 is 29.0 Å². The number of rotatable bonds is 3. The summed E-state index contributed by atoms with van der Waals surface area (Å²) in [7, 11) is 0. The zero-order valence-electron chi connectivity index (χ0n) is 13.4. The van der Waals surface area contributed by atoms with Gasteiger partial charge >= 0.3 is 6.18 Å². The Labute approximate surface area is 152 Å². The molecule has 0 saturated carbocycles. The van der Waals surface area contributed by atoms with Crippen molar-refractivity contribution in [2.24, 2.45) is 0 Å². The maximum Gasteiger partial charge on any atom is 0.433 e. The summed E-state index contributed by atoms with van der Waals surface area (Å²) in [6.45, 7) is 1.02. The van der Waals surface area contributed by atoms with Crippen molar-refractivity contribution < 1.29 is 18.0 Å². The molecular formula is C17H14ClF3N4O. The molecule has 0 saturated heterocycles. The zero-order valence-corrected chi connectivity index (χ0v) is 14.2. The number of carbonyl (C=O) groups excluding carboxylic acids is 1. The summed E-state index contributed by atoms with van der Waals surface area (Å²) in [5.41, 5.74) is -0.248. The smallest absolute Gasteiger partial charge is 0.351 e. The molecule has 1 aliphatic rings. The lowest BCUT2D eigenvalue weighted by atomic mass is 10.1. The Hall–Kier alpha value is -2.61. The van der Waals surface area contributed by atoms with Crippen LogP contribution in [0.4, 0.5) is 24.7 Å². The fraction of sp³-hybridized carbons (Fsp3) is 0.235. The number of nitrogens with zero attached hydrogens (tertiary/aromatic N) is 3. The van der Waals surface area contributed by atoms with Gasteiger partial charge in [-0.2, -0.15) is 13.2 Å². The molecular weight excluding hydrogens is 369 g/mol. The van der Waals surface area contributed by atoms with Crippen LogP contribution in [0, 0.1) is 0 Å². The van der Waals surface area contributed by atoms with Gasteiger partial charge in [-0.05, 0) is 30.7 Å². The average Bonchev–Trinajstić information content (AvgIpc) is 2.62. The Morgan fingerprint density at radius 3 is 2.62 bits per heavy atom. The molecule has 1 aliphatic heterocycles. The van der Waals surface area contributed by atoms with Gasteiger partial charge in [0, 0.05) is 24.9 Å². The molecule has 3 rings (SSSR count). The Bertz CT molecular complexity index is 837. The molecule has 1 N–H and O–H groups in total. The minimum atomic E-state index is -4.51. The number of amides is 1. The van der Waals surface area contributed by atoms with Crippen LogP contribution in [0.3, 0.4) is 0 Å². The highest BCUT2D eigenvalue weighted by molar-refractivity contribution is 6.32. The maximum absolute atomic E-state index is 12.5.